The van der Waals surface area contributed by atoms with E-state index < -0.39 is 10.2 Å². The number of ether oxygens (including phenoxy) is 1. The van der Waals surface area contributed by atoms with E-state index in [-0.39, 0.29) is 6.54 Å². The Bertz CT molecular complexity index is 205. The Morgan fingerprint density at radius 3 is 2.54 bits per heavy atom. The van der Waals surface area contributed by atoms with Gasteiger partial charge in [-0.25, -0.2) is 4.72 Å². The van der Waals surface area contributed by atoms with Gasteiger partial charge in [0.15, 0.2) is 0 Å². The first kappa shape index (κ1) is 12.8. The largest absolute Gasteiger partial charge is 0.379 e. The summed E-state index contributed by atoms with van der Waals surface area (Å²) in [5.41, 5.74) is 5.17. The highest BCUT2D eigenvalue weighted by Crippen LogP contribution is 1.76. The fourth-order valence-corrected chi connectivity index (χ4v) is 1.51. The second kappa shape index (κ2) is 7.22. The lowest BCUT2D eigenvalue weighted by Crippen LogP contribution is -2.38. The lowest BCUT2D eigenvalue weighted by molar-refractivity contribution is 0.147. The van der Waals surface area contributed by atoms with Crippen molar-refractivity contribution in [3.05, 3.63) is 0 Å². The number of nitrogens with one attached hydrogen (secondary N) is 2. The van der Waals surface area contributed by atoms with Gasteiger partial charge in [0.2, 0.25) is 0 Å². The van der Waals surface area contributed by atoms with E-state index in [2.05, 4.69) is 9.44 Å². The first-order valence-electron chi connectivity index (χ1n) is 4.14. The minimum Gasteiger partial charge on any atom is -0.379 e. The predicted molar refractivity (Wildman–Crippen MR) is 50.5 cm³/mol. The number of hydrogen-bond acceptors (Lipinski definition) is 4. The van der Waals surface area contributed by atoms with Gasteiger partial charge in [0, 0.05) is 19.6 Å². The van der Waals surface area contributed by atoms with Gasteiger partial charge in [0.1, 0.15) is 0 Å². The lowest BCUT2D eigenvalue weighted by atomic mass is 10.7. The molecule has 0 aliphatic heterocycles. The summed E-state index contributed by atoms with van der Waals surface area (Å²) in [5.74, 6) is 0. The van der Waals surface area contributed by atoms with Crippen LogP contribution >= 0.6 is 0 Å². The maximum atomic E-state index is 11.0. The average Bonchev–Trinajstić information content (AvgIpc) is 2.04. The molecule has 0 aromatic carbocycles. The van der Waals surface area contributed by atoms with Crippen LogP contribution in [0.15, 0.2) is 0 Å². The van der Waals surface area contributed by atoms with Crippen molar-refractivity contribution in [3.8, 4) is 0 Å². The third-order valence-corrected chi connectivity index (χ3v) is 2.39. The molecule has 0 radical (unpaired) electrons. The maximum absolute atomic E-state index is 11.0. The molecule has 0 aliphatic carbocycles. The summed E-state index contributed by atoms with van der Waals surface area (Å²) >= 11 is 0. The fourth-order valence-electron chi connectivity index (χ4n) is 0.675. The molecule has 0 aliphatic rings. The summed E-state index contributed by atoms with van der Waals surface area (Å²) < 4.78 is 31.5. The molecule has 13 heavy (non-hydrogen) atoms. The molecule has 80 valence electrons. The van der Waals surface area contributed by atoms with Crippen molar-refractivity contribution < 1.29 is 13.2 Å². The van der Waals surface area contributed by atoms with Crippen molar-refractivity contribution in [2.24, 2.45) is 5.73 Å². The van der Waals surface area contributed by atoms with Crippen LogP contribution in [0.4, 0.5) is 0 Å². The van der Waals surface area contributed by atoms with Crippen LogP contribution in [-0.4, -0.2) is 41.3 Å². The second-order valence-electron chi connectivity index (χ2n) is 2.30. The van der Waals surface area contributed by atoms with E-state index >= 15 is 0 Å². The topological polar surface area (TPSA) is 93.5 Å². The molecule has 0 rings (SSSR count). The molecule has 0 saturated carbocycles. The van der Waals surface area contributed by atoms with Gasteiger partial charge in [0.25, 0.3) is 10.2 Å². The molecule has 0 unspecified atom stereocenters. The Labute approximate surface area is 79.0 Å². The van der Waals surface area contributed by atoms with Crippen LogP contribution in [-0.2, 0) is 14.9 Å². The molecule has 6 nitrogen and oxygen atoms in total. The fraction of sp³-hybridized carbons (Fsp3) is 1.00. The van der Waals surface area contributed by atoms with Gasteiger partial charge < -0.3 is 10.5 Å². The lowest BCUT2D eigenvalue weighted by Gasteiger charge is -2.06. The molecular weight excluding hydrogens is 194 g/mol. The molecule has 0 heterocycles. The van der Waals surface area contributed by atoms with Gasteiger partial charge >= 0.3 is 0 Å². The molecule has 0 bridgehead atoms. The van der Waals surface area contributed by atoms with E-state index in [9.17, 15) is 8.42 Å². The Balaban J connectivity index is 3.41. The van der Waals surface area contributed by atoms with Crippen LogP contribution in [0.5, 0.6) is 0 Å². The molecule has 0 spiro atoms. The van der Waals surface area contributed by atoms with Crippen LogP contribution in [0.2, 0.25) is 0 Å². The maximum Gasteiger partial charge on any atom is 0.276 e. The van der Waals surface area contributed by atoms with Crippen LogP contribution in [0.1, 0.15) is 6.92 Å². The third-order valence-electron chi connectivity index (χ3n) is 1.14. The smallest absolute Gasteiger partial charge is 0.276 e. The van der Waals surface area contributed by atoms with Crippen molar-refractivity contribution in [2.45, 2.75) is 6.92 Å². The zero-order chi connectivity index (χ0) is 10.2. The van der Waals surface area contributed by atoms with Gasteiger partial charge in [-0.1, -0.05) is 6.92 Å². The SMILES string of the molecule is CCNS(=O)(=O)NCCOCCN. The van der Waals surface area contributed by atoms with Crippen LogP contribution in [0.25, 0.3) is 0 Å². The number of nitrogens with two attached hydrogens (primary N) is 1. The van der Waals surface area contributed by atoms with Crippen LogP contribution < -0.4 is 15.2 Å². The molecule has 0 saturated heterocycles. The third kappa shape index (κ3) is 8.13. The van der Waals surface area contributed by atoms with Crippen molar-refractivity contribution >= 4 is 10.2 Å². The Morgan fingerprint density at radius 2 is 2.00 bits per heavy atom. The van der Waals surface area contributed by atoms with Gasteiger partial charge in [-0.2, -0.15) is 13.1 Å². The zero-order valence-corrected chi connectivity index (χ0v) is 8.56. The minimum absolute atomic E-state index is 0.259. The summed E-state index contributed by atoms with van der Waals surface area (Å²) in [5, 5.41) is 0. The van der Waals surface area contributed by atoms with Crippen molar-refractivity contribution in [1.82, 2.24) is 9.44 Å². The average molecular weight is 211 g/mol. The number of rotatable bonds is 8. The van der Waals surface area contributed by atoms with Crippen molar-refractivity contribution in [1.29, 1.82) is 0 Å². The monoisotopic (exact) mass is 211 g/mol. The summed E-state index contributed by atoms with van der Waals surface area (Å²) in [6.07, 6.45) is 0. The van der Waals surface area contributed by atoms with E-state index in [0.717, 1.165) is 0 Å². The quantitative estimate of drug-likeness (QED) is 0.422. The van der Waals surface area contributed by atoms with Crippen molar-refractivity contribution in [3.63, 3.8) is 0 Å². The summed E-state index contributed by atoms with van der Waals surface area (Å²) in [7, 11) is -3.33. The second-order valence-corrected chi connectivity index (χ2v) is 3.88. The Morgan fingerprint density at radius 1 is 1.31 bits per heavy atom. The predicted octanol–water partition coefficient (Wildman–Crippen LogP) is -1.59. The molecule has 0 aromatic rings. The summed E-state index contributed by atoms with van der Waals surface area (Å²) in [6, 6.07) is 0. The summed E-state index contributed by atoms with van der Waals surface area (Å²) in [4.78, 5) is 0. The molecule has 0 atom stereocenters. The van der Waals surface area contributed by atoms with Gasteiger partial charge in [-0.15, -0.1) is 0 Å². The molecule has 0 aromatic heterocycles. The molecule has 0 fully saturated rings. The minimum atomic E-state index is -3.33. The number of hydrogen-bond donors (Lipinski definition) is 3. The first-order valence-corrected chi connectivity index (χ1v) is 5.62. The highest BCUT2D eigenvalue weighted by molar-refractivity contribution is 7.87. The van der Waals surface area contributed by atoms with Gasteiger partial charge in [-0.05, 0) is 0 Å². The molecular formula is C6H17N3O3S. The van der Waals surface area contributed by atoms with Gasteiger partial charge in [0.05, 0.1) is 13.2 Å². The normalized spacial score (nSPS) is 11.8. The van der Waals surface area contributed by atoms with E-state index in [1.54, 1.807) is 6.92 Å². The summed E-state index contributed by atoms with van der Waals surface area (Å²) in [6.45, 7) is 3.57. The first-order chi connectivity index (χ1) is 6.12. The Kier molecular flexibility index (Phi) is 7.10. The molecule has 0 amide bonds. The molecule has 4 N–H and O–H groups in total. The molecule has 7 heteroatoms. The van der Waals surface area contributed by atoms with E-state index in [4.69, 9.17) is 10.5 Å². The van der Waals surface area contributed by atoms with Gasteiger partial charge in [-0.3, -0.25) is 0 Å². The standard InChI is InChI=1S/C6H17N3O3S/c1-2-8-13(10,11)9-4-6-12-5-3-7/h8-9H,2-7H2,1H3. The van der Waals surface area contributed by atoms with E-state index in [1.807, 2.05) is 0 Å². The van der Waals surface area contributed by atoms with E-state index in [1.165, 1.54) is 0 Å². The van der Waals surface area contributed by atoms with E-state index in [0.29, 0.717) is 26.3 Å². The Hall–Kier alpha value is -0.210. The highest BCUT2D eigenvalue weighted by atomic mass is 32.2. The van der Waals surface area contributed by atoms with Crippen molar-refractivity contribution in [2.75, 3.05) is 32.8 Å². The van der Waals surface area contributed by atoms with Crippen LogP contribution in [0, 0.1) is 0 Å². The highest BCUT2D eigenvalue weighted by Gasteiger charge is 2.04. The van der Waals surface area contributed by atoms with Crippen LogP contribution in [0.3, 0.4) is 0 Å². The zero-order valence-electron chi connectivity index (χ0n) is 7.75.